The summed E-state index contributed by atoms with van der Waals surface area (Å²) in [5.74, 6) is 1.50. The van der Waals surface area contributed by atoms with Crippen molar-refractivity contribution in [2.45, 2.75) is 25.8 Å². The molecule has 4 rings (SSSR count). The van der Waals surface area contributed by atoms with Gasteiger partial charge in [0.25, 0.3) is 5.91 Å². The summed E-state index contributed by atoms with van der Waals surface area (Å²) in [6.45, 7) is 0.710. The van der Waals surface area contributed by atoms with Gasteiger partial charge in [-0.1, -0.05) is 6.07 Å². The van der Waals surface area contributed by atoms with Crippen molar-refractivity contribution in [2.75, 3.05) is 20.9 Å². The fourth-order valence-electron chi connectivity index (χ4n) is 3.46. The molecule has 0 saturated carbocycles. The van der Waals surface area contributed by atoms with E-state index >= 15 is 0 Å². The van der Waals surface area contributed by atoms with Gasteiger partial charge in [0.2, 0.25) is 12.7 Å². The van der Waals surface area contributed by atoms with Crippen LogP contribution in [0.15, 0.2) is 24.3 Å². The summed E-state index contributed by atoms with van der Waals surface area (Å²) in [6, 6.07) is 7.66. The van der Waals surface area contributed by atoms with Crippen molar-refractivity contribution in [1.29, 1.82) is 0 Å². The van der Waals surface area contributed by atoms with Gasteiger partial charge in [-0.3, -0.25) is 9.59 Å². The van der Waals surface area contributed by atoms with E-state index in [9.17, 15) is 9.59 Å². The number of nitrogens with one attached hydrogen (secondary N) is 1. The number of ether oxygens (including phenoxy) is 2. The van der Waals surface area contributed by atoms with Crippen molar-refractivity contribution < 1.29 is 19.1 Å². The number of amides is 2. The Morgan fingerprint density at radius 3 is 2.85 bits per heavy atom. The summed E-state index contributed by atoms with van der Waals surface area (Å²) in [7, 11) is 3.51. The van der Waals surface area contributed by atoms with Crippen LogP contribution in [0.25, 0.3) is 0 Å². The lowest BCUT2D eigenvalue weighted by Gasteiger charge is -2.21. The molecule has 1 aliphatic heterocycles. The Bertz CT molecular complexity index is 890. The van der Waals surface area contributed by atoms with E-state index in [-0.39, 0.29) is 24.5 Å². The number of fused-ring (bicyclic) bond motifs is 2. The van der Waals surface area contributed by atoms with Crippen molar-refractivity contribution in [3.63, 3.8) is 0 Å². The van der Waals surface area contributed by atoms with Crippen LogP contribution in [0.4, 0.5) is 0 Å². The molecule has 0 bridgehead atoms. The van der Waals surface area contributed by atoms with Crippen LogP contribution in [-0.4, -0.2) is 37.6 Å². The van der Waals surface area contributed by atoms with Crippen molar-refractivity contribution in [3.8, 4) is 11.5 Å². The molecule has 2 aromatic rings. The van der Waals surface area contributed by atoms with Gasteiger partial charge < -0.3 is 19.7 Å². The molecule has 2 amide bonds. The molecule has 142 valence electrons. The predicted molar refractivity (Wildman–Crippen MR) is 102 cm³/mol. The van der Waals surface area contributed by atoms with Crippen LogP contribution in [-0.2, 0) is 24.2 Å². The van der Waals surface area contributed by atoms with Crippen molar-refractivity contribution in [2.24, 2.45) is 5.92 Å². The number of rotatable bonds is 4. The summed E-state index contributed by atoms with van der Waals surface area (Å²) in [5, 5.41) is 3.03. The Kier molecular flexibility index (Phi) is 4.78. The van der Waals surface area contributed by atoms with Gasteiger partial charge in [-0.15, -0.1) is 11.3 Å². The largest absolute Gasteiger partial charge is 0.454 e. The number of thiophene rings is 1. The molecule has 1 aromatic heterocycles. The molecule has 7 heteroatoms. The third-order valence-electron chi connectivity index (χ3n) is 4.97. The normalized spacial score (nSPS) is 17.3. The van der Waals surface area contributed by atoms with E-state index in [1.807, 2.05) is 24.3 Å². The van der Waals surface area contributed by atoms with E-state index in [1.54, 1.807) is 30.3 Å². The highest BCUT2D eigenvalue weighted by Gasteiger charge is 2.27. The lowest BCUT2D eigenvalue weighted by Crippen LogP contribution is -2.33. The highest BCUT2D eigenvalue weighted by Crippen LogP contribution is 2.34. The van der Waals surface area contributed by atoms with E-state index in [0.29, 0.717) is 13.0 Å². The Morgan fingerprint density at radius 2 is 2.04 bits per heavy atom. The van der Waals surface area contributed by atoms with E-state index in [2.05, 4.69) is 5.32 Å². The van der Waals surface area contributed by atoms with E-state index in [4.69, 9.17) is 9.47 Å². The minimum atomic E-state index is -0.0524. The second-order valence-electron chi connectivity index (χ2n) is 7.10. The van der Waals surface area contributed by atoms with Crippen LogP contribution in [0.2, 0.25) is 0 Å². The predicted octanol–water partition coefficient (Wildman–Crippen LogP) is 2.60. The number of hydrogen-bond acceptors (Lipinski definition) is 5. The van der Waals surface area contributed by atoms with Crippen LogP contribution in [0.5, 0.6) is 11.5 Å². The lowest BCUT2D eigenvalue weighted by molar-refractivity contribution is -0.125. The average Bonchev–Trinajstić information content (AvgIpc) is 3.30. The molecule has 0 saturated heterocycles. The summed E-state index contributed by atoms with van der Waals surface area (Å²) in [6.07, 6.45) is 2.36. The SMILES string of the molecule is CN(C)C(=O)c1cc2c(s1)CCC(C(=O)NCc1ccc3c(c1)OCO3)C2. The Morgan fingerprint density at radius 1 is 1.22 bits per heavy atom. The molecular formula is C20H22N2O4S. The third-order valence-corrected chi connectivity index (χ3v) is 6.20. The van der Waals surface area contributed by atoms with E-state index in [1.165, 1.54) is 4.88 Å². The molecule has 0 fully saturated rings. The van der Waals surface area contributed by atoms with Gasteiger partial charge in [0, 0.05) is 31.4 Å². The lowest BCUT2D eigenvalue weighted by atomic mass is 9.87. The first-order valence-electron chi connectivity index (χ1n) is 9.00. The third kappa shape index (κ3) is 3.64. The molecule has 1 atom stereocenters. The number of aryl methyl sites for hydroxylation is 1. The quantitative estimate of drug-likeness (QED) is 0.877. The molecule has 2 heterocycles. The fourth-order valence-corrected chi connectivity index (χ4v) is 4.69. The molecule has 1 aromatic carbocycles. The summed E-state index contributed by atoms with van der Waals surface area (Å²) >= 11 is 1.56. The van der Waals surface area contributed by atoms with E-state index in [0.717, 1.165) is 40.3 Å². The van der Waals surface area contributed by atoms with Gasteiger partial charge in [0.05, 0.1) is 4.88 Å². The van der Waals surface area contributed by atoms with Gasteiger partial charge >= 0.3 is 0 Å². The minimum absolute atomic E-state index is 0.0261. The number of carbonyl (C=O) groups excluding carboxylic acids is 2. The zero-order valence-electron chi connectivity index (χ0n) is 15.4. The maximum atomic E-state index is 12.6. The summed E-state index contributed by atoms with van der Waals surface area (Å²) in [4.78, 5) is 28.4. The van der Waals surface area contributed by atoms with Gasteiger partial charge in [0.1, 0.15) is 0 Å². The highest BCUT2D eigenvalue weighted by atomic mass is 32.1. The Hall–Kier alpha value is -2.54. The van der Waals surface area contributed by atoms with E-state index < -0.39 is 0 Å². The molecule has 0 radical (unpaired) electrons. The van der Waals surface area contributed by atoms with Gasteiger partial charge in [0.15, 0.2) is 11.5 Å². The van der Waals surface area contributed by atoms with Crippen LogP contribution in [0, 0.1) is 5.92 Å². The number of benzene rings is 1. The second-order valence-corrected chi connectivity index (χ2v) is 8.24. The maximum absolute atomic E-state index is 12.6. The molecule has 1 N–H and O–H groups in total. The van der Waals surface area contributed by atoms with Crippen molar-refractivity contribution in [3.05, 3.63) is 45.1 Å². The first-order chi connectivity index (χ1) is 13.0. The van der Waals surface area contributed by atoms with Gasteiger partial charge in [-0.05, 0) is 48.6 Å². The standard InChI is InChI=1S/C20H22N2O4S/c1-22(2)20(24)18-9-14-8-13(4-6-17(14)27-18)19(23)21-10-12-3-5-15-16(7-12)26-11-25-15/h3,5,7,9,13H,4,6,8,10-11H2,1-2H3,(H,21,23). The first kappa shape index (κ1) is 17.9. The Labute approximate surface area is 162 Å². The number of carbonyl (C=O) groups is 2. The van der Waals surface area contributed by atoms with Gasteiger partial charge in [-0.2, -0.15) is 0 Å². The van der Waals surface area contributed by atoms with Crippen LogP contribution < -0.4 is 14.8 Å². The topological polar surface area (TPSA) is 67.9 Å². The van der Waals surface area contributed by atoms with Crippen molar-refractivity contribution in [1.82, 2.24) is 10.2 Å². The van der Waals surface area contributed by atoms with Crippen LogP contribution in [0.3, 0.4) is 0 Å². The highest BCUT2D eigenvalue weighted by molar-refractivity contribution is 7.14. The summed E-state index contributed by atoms with van der Waals surface area (Å²) in [5.41, 5.74) is 2.12. The molecule has 0 spiro atoms. The molecule has 1 aliphatic carbocycles. The second kappa shape index (κ2) is 7.23. The van der Waals surface area contributed by atoms with Crippen LogP contribution in [0.1, 0.15) is 32.1 Å². The molecule has 1 unspecified atom stereocenters. The fraction of sp³-hybridized carbons (Fsp3) is 0.400. The van der Waals surface area contributed by atoms with Gasteiger partial charge in [-0.25, -0.2) is 0 Å². The molecule has 6 nitrogen and oxygen atoms in total. The zero-order valence-corrected chi connectivity index (χ0v) is 16.2. The van der Waals surface area contributed by atoms with Crippen LogP contribution >= 0.6 is 11.3 Å². The van der Waals surface area contributed by atoms with Crippen molar-refractivity contribution >= 4 is 23.2 Å². The average molecular weight is 386 g/mol. The number of hydrogen-bond donors (Lipinski definition) is 1. The molecule has 2 aliphatic rings. The first-order valence-corrected chi connectivity index (χ1v) is 9.82. The molecular weight excluding hydrogens is 364 g/mol. The zero-order chi connectivity index (χ0) is 19.0. The number of nitrogens with zero attached hydrogens (tertiary/aromatic N) is 1. The summed E-state index contributed by atoms with van der Waals surface area (Å²) < 4.78 is 10.7. The Balaban J connectivity index is 1.37. The maximum Gasteiger partial charge on any atom is 0.263 e. The smallest absolute Gasteiger partial charge is 0.263 e. The minimum Gasteiger partial charge on any atom is -0.454 e. The molecule has 27 heavy (non-hydrogen) atoms. The monoisotopic (exact) mass is 386 g/mol.